The normalized spacial score (nSPS) is 30.5. The van der Waals surface area contributed by atoms with Crippen molar-refractivity contribution in [3.8, 4) is 0 Å². The minimum absolute atomic E-state index is 0.218. The van der Waals surface area contributed by atoms with Crippen molar-refractivity contribution in [2.75, 3.05) is 26.9 Å². The van der Waals surface area contributed by atoms with Gasteiger partial charge in [-0.2, -0.15) is 0 Å². The van der Waals surface area contributed by atoms with Crippen molar-refractivity contribution in [3.05, 3.63) is 0 Å². The highest BCUT2D eigenvalue weighted by Gasteiger charge is 2.56. The molecule has 3 unspecified atom stereocenters. The van der Waals surface area contributed by atoms with Crippen LogP contribution in [0.4, 0.5) is 0 Å². The van der Waals surface area contributed by atoms with Gasteiger partial charge in [-0.05, 0) is 32.6 Å². The first-order valence-corrected chi connectivity index (χ1v) is 7.74. The van der Waals surface area contributed by atoms with E-state index < -0.39 is 0 Å². The quantitative estimate of drug-likeness (QED) is 0.705. The third-order valence-corrected chi connectivity index (χ3v) is 4.97. The van der Waals surface area contributed by atoms with E-state index in [1.54, 1.807) is 7.11 Å². The Kier molecular flexibility index (Phi) is 5.63. The third kappa shape index (κ3) is 3.13. The molecule has 2 aliphatic rings. The van der Waals surface area contributed by atoms with Crippen LogP contribution in [0.2, 0.25) is 0 Å². The van der Waals surface area contributed by atoms with Crippen LogP contribution in [0.5, 0.6) is 0 Å². The molecule has 0 aliphatic heterocycles. The summed E-state index contributed by atoms with van der Waals surface area (Å²) < 4.78 is 11.2. The van der Waals surface area contributed by atoms with Crippen LogP contribution >= 0.6 is 0 Å². The number of aliphatic hydroxyl groups is 1. The van der Waals surface area contributed by atoms with Gasteiger partial charge in [0.25, 0.3) is 0 Å². The van der Waals surface area contributed by atoms with Gasteiger partial charge >= 0.3 is 0 Å². The number of rotatable bonds is 8. The summed E-state index contributed by atoms with van der Waals surface area (Å²) in [5.41, 5.74) is 0.359. The zero-order valence-electron chi connectivity index (χ0n) is 12.4. The molecule has 2 fully saturated rings. The molecular formula is C15H29NO3. The fourth-order valence-corrected chi connectivity index (χ4v) is 3.98. The second-order valence-corrected chi connectivity index (χ2v) is 6.00. The number of methoxy groups -OCH3 is 1. The molecule has 2 rings (SSSR count). The zero-order valence-corrected chi connectivity index (χ0v) is 12.4. The van der Waals surface area contributed by atoms with Crippen molar-refractivity contribution < 1.29 is 14.6 Å². The smallest absolute Gasteiger partial charge is 0.0661 e. The summed E-state index contributed by atoms with van der Waals surface area (Å²) in [6.07, 6.45) is 7.55. The third-order valence-electron chi connectivity index (χ3n) is 4.97. The summed E-state index contributed by atoms with van der Waals surface area (Å²) in [4.78, 5) is 0. The Balaban J connectivity index is 1.92. The highest BCUT2D eigenvalue weighted by molar-refractivity contribution is 5.10. The van der Waals surface area contributed by atoms with E-state index in [1.165, 1.54) is 25.7 Å². The molecule has 0 aromatic carbocycles. The van der Waals surface area contributed by atoms with Gasteiger partial charge in [0.1, 0.15) is 0 Å². The van der Waals surface area contributed by atoms with Gasteiger partial charge in [-0.15, -0.1) is 0 Å². The number of hydrogen-bond acceptors (Lipinski definition) is 4. The number of ether oxygens (including phenoxy) is 2. The first-order chi connectivity index (χ1) is 9.26. The van der Waals surface area contributed by atoms with Crippen molar-refractivity contribution in [1.29, 1.82) is 0 Å². The maximum Gasteiger partial charge on any atom is 0.0661 e. The van der Waals surface area contributed by atoms with E-state index in [-0.39, 0.29) is 12.6 Å². The number of aliphatic hydroxyl groups excluding tert-OH is 1. The predicted molar refractivity (Wildman–Crippen MR) is 75.2 cm³/mol. The van der Waals surface area contributed by atoms with Crippen LogP contribution in [-0.2, 0) is 9.47 Å². The van der Waals surface area contributed by atoms with Crippen LogP contribution in [-0.4, -0.2) is 50.2 Å². The first-order valence-electron chi connectivity index (χ1n) is 7.74. The molecule has 0 aromatic rings. The average Bonchev–Trinajstić information content (AvgIpc) is 2.90. The lowest BCUT2D eigenvalue weighted by Gasteiger charge is -2.55. The second-order valence-electron chi connectivity index (χ2n) is 6.00. The molecule has 2 N–H and O–H groups in total. The van der Waals surface area contributed by atoms with Crippen LogP contribution in [0.1, 0.15) is 45.4 Å². The summed E-state index contributed by atoms with van der Waals surface area (Å²) >= 11 is 0. The molecular weight excluding hydrogens is 242 g/mol. The Labute approximate surface area is 116 Å². The Hall–Kier alpha value is -0.160. The molecule has 0 radical (unpaired) electrons. The molecule has 2 saturated carbocycles. The molecule has 4 nitrogen and oxygen atoms in total. The van der Waals surface area contributed by atoms with E-state index in [2.05, 4.69) is 12.2 Å². The standard InChI is InChI=1S/C15H29NO3/c1-3-19-14-10-13(15(14)7-4-5-8-15)16-12(6-9-17)11-18-2/h12-14,16-17H,3-11H2,1-2H3. The fourth-order valence-electron chi connectivity index (χ4n) is 3.98. The molecule has 19 heavy (non-hydrogen) atoms. The topological polar surface area (TPSA) is 50.7 Å². The van der Waals surface area contributed by atoms with Crippen LogP contribution < -0.4 is 5.32 Å². The number of hydrogen-bond donors (Lipinski definition) is 2. The molecule has 2 aliphatic carbocycles. The molecule has 0 bridgehead atoms. The first kappa shape index (κ1) is 15.2. The molecule has 112 valence electrons. The van der Waals surface area contributed by atoms with Crippen LogP contribution in [0.25, 0.3) is 0 Å². The Bertz CT molecular complexity index is 260. The molecule has 0 aromatic heterocycles. The largest absolute Gasteiger partial charge is 0.396 e. The van der Waals surface area contributed by atoms with Crippen LogP contribution in [0, 0.1) is 5.41 Å². The molecule has 0 saturated heterocycles. The van der Waals surface area contributed by atoms with E-state index in [4.69, 9.17) is 14.6 Å². The lowest BCUT2D eigenvalue weighted by atomic mass is 9.60. The summed E-state index contributed by atoms with van der Waals surface area (Å²) in [6, 6.07) is 0.804. The Morgan fingerprint density at radius 1 is 1.37 bits per heavy atom. The van der Waals surface area contributed by atoms with Gasteiger partial charge in [-0.25, -0.2) is 0 Å². The summed E-state index contributed by atoms with van der Waals surface area (Å²) in [5.74, 6) is 0. The zero-order chi connectivity index (χ0) is 13.7. The van der Waals surface area contributed by atoms with Gasteiger partial charge in [0.15, 0.2) is 0 Å². The van der Waals surface area contributed by atoms with E-state index in [1.807, 2.05) is 0 Å². The molecule has 4 heteroatoms. The van der Waals surface area contributed by atoms with Crippen molar-refractivity contribution >= 4 is 0 Å². The van der Waals surface area contributed by atoms with E-state index >= 15 is 0 Å². The van der Waals surface area contributed by atoms with E-state index in [0.717, 1.165) is 19.4 Å². The van der Waals surface area contributed by atoms with Crippen LogP contribution in [0.3, 0.4) is 0 Å². The minimum Gasteiger partial charge on any atom is -0.396 e. The lowest BCUT2D eigenvalue weighted by Crippen LogP contribution is -2.64. The minimum atomic E-state index is 0.218. The van der Waals surface area contributed by atoms with Crippen molar-refractivity contribution in [2.24, 2.45) is 5.41 Å². The van der Waals surface area contributed by atoms with Gasteiger partial charge in [-0.1, -0.05) is 12.8 Å². The molecule has 1 spiro atoms. The summed E-state index contributed by atoms with van der Waals surface area (Å²) in [7, 11) is 1.72. The fraction of sp³-hybridized carbons (Fsp3) is 1.00. The lowest BCUT2D eigenvalue weighted by molar-refractivity contribution is -0.134. The van der Waals surface area contributed by atoms with Gasteiger partial charge in [-0.3, -0.25) is 0 Å². The van der Waals surface area contributed by atoms with E-state index in [0.29, 0.717) is 24.2 Å². The Morgan fingerprint density at radius 3 is 2.68 bits per heavy atom. The Morgan fingerprint density at radius 2 is 2.11 bits per heavy atom. The van der Waals surface area contributed by atoms with Gasteiger partial charge in [0, 0.05) is 37.8 Å². The van der Waals surface area contributed by atoms with Crippen molar-refractivity contribution in [1.82, 2.24) is 5.32 Å². The monoisotopic (exact) mass is 271 g/mol. The maximum atomic E-state index is 9.14. The number of nitrogens with one attached hydrogen (secondary N) is 1. The molecule has 3 atom stereocenters. The van der Waals surface area contributed by atoms with Crippen LogP contribution in [0.15, 0.2) is 0 Å². The summed E-state index contributed by atoms with van der Waals surface area (Å²) in [6.45, 7) is 3.79. The predicted octanol–water partition coefficient (Wildman–Crippen LogP) is 1.71. The van der Waals surface area contributed by atoms with Crippen molar-refractivity contribution in [3.63, 3.8) is 0 Å². The highest BCUT2D eigenvalue weighted by Crippen LogP contribution is 2.54. The van der Waals surface area contributed by atoms with Gasteiger partial charge in [0.05, 0.1) is 12.7 Å². The van der Waals surface area contributed by atoms with E-state index in [9.17, 15) is 0 Å². The van der Waals surface area contributed by atoms with Gasteiger partial charge < -0.3 is 19.9 Å². The molecule has 0 amide bonds. The summed E-state index contributed by atoms with van der Waals surface area (Å²) in [5, 5.41) is 12.9. The second kappa shape index (κ2) is 7.02. The van der Waals surface area contributed by atoms with Gasteiger partial charge in [0.2, 0.25) is 0 Å². The average molecular weight is 271 g/mol. The SMILES string of the molecule is CCOC1CC(NC(CCO)COC)C12CCCC2. The highest BCUT2D eigenvalue weighted by atomic mass is 16.5. The van der Waals surface area contributed by atoms with Crippen molar-refractivity contribution in [2.45, 2.75) is 63.6 Å². The molecule has 0 heterocycles. The maximum absolute atomic E-state index is 9.14.